The van der Waals surface area contributed by atoms with Crippen LogP contribution in [0.15, 0.2) is 0 Å². The first-order chi connectivity index (χ1) is 5.18. The van der Waals surface area contributed by atoms with Gasteiger partial charge in [-0.15, -0.1) is 0 Å². The topological polar surface area (TPSA) is 63.3 Å². The van der Waals surface area contributed by atoms with Gasteiger partial charge in [0.15, 0.2) is 0 Å². The monoisotopic (exact) mass is 179 g/mol. The minimum Gasteiger partial charge on any atom is -0.481 e. The fourth-order valence-electron chi connectivity index (χ4n) is 0.307. The fraction of sp³-hybridized carbons (Fsp3) is 0.857. The van der Waals surface area contributed by atoms with E-state index in [1.165, 1.54) is 18.4 Å². The van der Waals surface area contributed by atoms with Crippen molar-refractivity contribution in [1.82, 2.24) is 0 Å². The average molecular weight is 179 g/mol. The van der Waals surface area contributed by atoms with E-state index in [4.69, 9.17) is 10.2 Å². The van der Waals surface area contributed by atoms with Crippen molar-refractivity contribution in [3.63, 3.8) is 0 Å². The molecule has 0 aromatic heterocycles. The highest BCUT2D eigenvalue weighted by Crippen LogP contribution is 1.94. The Kier molecular flexibility index (Phi) is 15.1. The molecule has 0 saturated heterocycles. The maximum Gasteiger partial charge on any atom is 0.303 e. The van der Waals surface area contributed by atoms with E-state index in [-0.39, 0.29) is 6.42 Å². The fourth-order valence-corrected chi connectivity index (χ4v) is 0.618. The number of aliphatic carboxylic acids is 1. The van der Waals surface area contributed by atoms with E-state index in [1.807, 2.05) is 0 Å². The van der Waals surface area contributed by atoms with Crippen molar-refractivity contribution in [1.29, 1.82) is 0 Å². The summed E-state index contributed by atoms with van der Waals surface area (Å²) in [6.07, 6.45) is 2.14. The molecule has 11 heavy (non-hydrogen) atoms. The number of hydrogen-bond acceptors (Lipinski definition) is 3. The van der Waals surface area contributed by atoms with Crippen molar-refractivity contribution in [3.8, 4) is 0 Å². The highest BCUT2D eigenvalue weighted by molar-refractivity contribution is 7.97. The average Bonchev–Trinajstić information content (AvgIpc) is 1.89. The van der Waals surface area contributed by atoms with Crippen LogP contribution in [0.3, 0.4) is 0 Å². The first-order valence-corrected chi connectivity index (χ1v) is 4.77. The van der Waals surface area contributed by atoms with E-state index in [9.17, 15) is 4.79 Å². The van der Waals surface area contributed by atoms with Gasteiger partial charge < -0.3 is 5.11 Å². The molecular weight excluding hydrogens is 162 g/mol. The van der Waals surface area contributed by atoms with Crippen LogP contribution >= 0.6 is 11.9 Å². The molecule has 0 bridgehead atoms. The minimum atomic E-state index is -0.751. The molecule has 0 aromatic rings. The zero-order chi connectivity index (χ0) is 9.11. The summed E-state index contributed by atoms with van der Waals surface area (Å²) in [5, 5.41) is 13.1. The summed E-state index contributed by atoms with van der Waals surface area (Å²) < 4.78 is 0. The summed E-state index contributed by atoms with van der Waals surface area (Å²) >= 11 is 1.18. The Morgan fingerprint density at radius 3 is 2.27 bits per heavy atom. The Morgan fingerprint density at radius 1 is 1.55 bits per heavy atom. The van der Waals surface area contributed by atoms with Gasteiger partial charge in [-0.1, -0.05) is 32.2 Å². The normalized spacial score (nSPS) is 8.27. The summed E-state index contributed by atoms with van der Waals surface area (Å²) in [5.41, 5.74) is 0. The lowest BCUT2D eigenvalue weighted by atomic mass is 10.3. The van der Waals surface area contributed by atoms with Crippen LogP contribution in [0.2, 0.25) is 0 Å². The predicted molar refractivity (Wildman–Crippen MR) is 49.5 cm³/mol. The number of carboxylic acids is 1. The van der Waals surface area contributed by atoms with Crippen LogP contribution in [-0.2, 0) is 4.79 Å². The molecule has 0 unspecified atom stereocenters. The maximum atomic E-state index is 9.82. The molecule has 4 heteroatoms. The van der Waals surface area contributed by atoms with Gasteiger partial charge in [0.25, 0.3) is 0 Å². The first kappa shape index (κ1) is 13.4. The predicted octanol–water partition coefficient (Wildman–Crippen LogP) is 1.87. The third kappa shape index (κ3) is 25.9. The van der Waals surface area contributed by atoms with E-state index in [0.717, 1.165) is 5.75 Å². The van der Waals surface area contributed by atoms with Crippen molar-refractivity contribution in [2.75, 3.05) is 5.75 Å². The molecule has 3 nitrogen and oxygen atoms in total. The maximum absolute atomic E-state index is 9.82. The Hall–Kier alpha value is -0.220. The molecule has 0 saturated carbocycles. The molecule has 0 rings (SSSR count). The minimum absolute atomic E-state index is 0.226. The molecule has 0 atom stereocenters. The number of carboxylic acid groups (broad SMARTS) is 1. The molecule has 3 N–H and O–H groups in total. The van der Waals surface area contributed by atoms with Crippen molar-refractivity contribution >= 4 is 17.9 Å². The Labute approximate surface area is 72.5 Å². The van der Waals surface area contributed by atoms with E-state index >= 15 is 0 Å². The molecule has 0 aliphatic rings. The Bertz CT molecular complexity index is 88.5. The lowest BCUT2D eigenvalue weighted by Gasteiger charge is -1.89. The molecule has 0 aliphatic heterocycles. The Balaban J connectivity index is 0. The van der Waals surface area contributed by atoms with Crippen molar-refractivity contribution in [2.24, 2.45) is 5.14 Å². The second-order valence-corrected chi connectivity index (χ2v) is 2.82. The van der Waals surface area contributed by atoms with E-state index in [0.29, 0.717) is 6.42 Å². The van der Waals surface area contributed by atoms with Crippen LogP contribution in [0.4, 0.5) is 0 Å². The van der Waals surface area contributed by atoms with E-state index in [2.05, 4.69) is 13.8 Å². The summed E-state index contributed by atoms with van der Waals surface area (Å²) in [7, 11) is 0. The molecule has 68 valence electrons. The third-order valence-electron chi connectivity index (χ3n) is 0.653. The second-order valence-electron chi connectivity index (χ2n) is 2.08. The van der Waals surface area contributed by atoms with Gasteiger partial charge in [-0.3, -0.25) is 9.93 Å². The second kappa shape index (κ2) is 12.5. The van der Waals surface area contributed by atoms with E-state index < -0.39 is 5.97 Å². The molecule has 0 amide bonds. The van der Waals surface area contributed by atoms with Crippen molar-refractivity contribution in [2.45, 2.75) is 33.1 Å². The standard InChI is InChI=1S/C4H9NO2S.C3H8/c5-8-3-1-2-4(6)7;1-3-2/h1-3,5H2,(H,6,7);3H2,1-2H3. The van der Waals surface area contributed by atoms with Crippen LogP contribution in [0, 0.1) is 0 Å². The van der Waals surface area contributed by atoms with Crippen molar-refractivity contribution < 1.29 is 9.90 Å². The van der Waals surface area contributed by atoms with Gasteiger partial charge in [0.05, 0.1) is 0 Å². The van der Waals surface area contributed by atoms with Gasteiger partial charge >= 0.3 is 5.97 Å². The number of hydrogen-bond donors (Lipinski definition) is 2. The highest BCUT2D eigenvalue weighted by atomic mass is 32.2. The van der Waals surface area contributed by atoms with Crippen LogP contribution in [-0.4, -0.2) is 16.8 Å². The summed E-state index contributed by atoms with van der Waals surface area (Å²) in [5.74, 6) is -0.0224. The lowest BCUT2D eigenvalue weighted by Crippen LogP contribution is -1.95. The smallest absolute Gasteiger partial charge is 0.303 e. The van der Waals surface area contributed by atoms with Crippen LogP contribution in [0.5, 0.6) is 0 Å². The molecule has 0 heterocycles. The summed E-state index contributed by atoms with van der Waals surface area (Å²) in [4.78, 5) is 9.82. The molecule has 0 aliphatic carbocycles. The summed E-state index contributed by atoms with van der Waals surface area (Å²) in [6.45, 7) is 4.25. The van der Waals surface area contributed by atoms with E-state index in [1.54, 1.807) is 0 Å². The third-order valence-corrected chi connectivity index (χ3v) is 1.18. The highest BCUT2D eigenvalue weighted by Gasteiger charge is 1.93. The van der Waals surface area contributed by atoms with Gasteiger partial charge in [0, 0.05) is 12.2 Å². The lowest BCUT2D eigenvalue weighted by molar-refractivity contribution is -0.137. The molecule has 0 spiro atoms. The zero-order valence-electron chi connectivity index (χ0n) is 7.17. The number of rotatable bonds is 4. The molecule has 0 fully saturated rings. The zero-order valence-corrected chi connectivity index (χ0v) is 7.99. The van der Waals surface area contributed by atoms with Crippen LogP contribution < -0.4 is 5.14 Å². The molecule has 0 radical (unpaired) electrons. The summed E-state index contributed by atoms with van der Waals surface area (Å²) in [6, 6.07) is 0. The quantitative estimate of drug-likeness (QED) is 0.511. The number of nitrogens with two attached hydrogens (primary N) is 1. The first-order valence-electron chi connectivity index (χ1n) is 3.72. The SMILES string of the molecule is CCC.NSCCCC(=O)O. The van der Waals surface area contributed by atoms with Crippen LogP contribution in [0.1, 0.15) is 33.1 Å². The van der Waals surface area contributed by atoms with Crippen LogP contribution in [0.25, 0.3) is 0 Å². The van der Waals surface area contributed by atoms with Crippen molar-refractivity contribution in [3.05, 3.63) is 0 Å². The molecule has 0 aromatic carbocycles. The molecular formula is C7H17NO2S. The van der Waals surface area contributed by atoms with Gasteiger partial charge in [-0.05, 0) is 6.42 Å². The van der Waals surface area contributed by atoms with Gasteiger partial charge in [0.2, 0.25) is 0 Å². The Morgan fingerprint density at radius 2 is 2.00 bits per heavy atom. The van der Waals surface area contributed by atoms with Gasteiger partial charge in [0.1, 0.15) is 0 Å². The number of carbonyl (C=O) groups is 1. The largest absolute Gasteiger partial charge is 0.481 e. The van der Waals surface area contributed by atoms with Gasteiger partial charge in [-0.25, -0.2) is 0 Å². The van der Waals surface area contributed by atoms with Gasteiger partial charge in [-0.2, -0.15) is 0 Å².